The van der Waals surface area contributed by atoms with E-state index in [-0.39, 0.29) is 15.9 Å². The average Bonchev–Trinajstić information content (AvgIpc) is 2.38. The van der Waals surface area contributed by atoms with E-state index >= 15 is 0 Å². The van der Waals surface area contributed by atoms with Gasteiger partial charge in [0.2, 0.25) is 0 Å². The summed E-state index contributed by atoms with van der Waals surface area (Å²) in [7, 11) is 1.84. The van der Waals surface area contributed by atoms with Gasteiger partial charge in [-0.3, -0.25) is 0 Å². The molecule has 118 valence electrons. The average molecular weight is 630 g/mol. The maximum absolute atomic E-state index is 11.7. The van der Waals surface area contributed by atoms with Crippen LogP contribution in [0.25, 0.3) is 0 Å². The van der Waals surface area contributed by atoms with E-state index < -0.39 is 11.5 Å². The van der Waals surface area contributed by atoms with Crippen LogP contribution in [-0.4, -0.2) is 39.4 Å². The SMILES string of the molecule is CCC1(I)C=C(I)C(C(N)(CC=O)C(=O)O)=C(I)C1NC. The van der Waals surface area contributed by atoms with E-state index in [1.54, 1.807) is 0 Å². The molecular formula is C13H17I3N2O3. The summed E-state index contributed by atoms with van der Waals surface area (Å²) in [5.74, 6) is -1.19. The van der Waals surface area contributed by atoms with Gasteiger partial charge in [-0.25, -0.2) is 4.79 Å². The second-order valence-electron chi connectivity index (χ2n) is 4.86. The number of carbonyl (C=O) groups is 2. The molecule has 0 saturated heterocycles. The molecule has 0 fully saturated rings. The van der Waals surface area contributed by atoms with Gasteiger partial charge in [0.1, 0.15) is 11.8 Å². The quantitative estimate of drug-likeness (QED) is 0.239. The Kier molecular flexibility index (Phi) is 7.09. The minimum absolute atomic E-state index is 0.0360. The van der Waals surface area contributed by atoms with E-state index in [0.717, 1.165) is 13.6 Å². The molecule has 0 aromatic carbocycles. The number of alkyl halides is 1. The molecule has 0 saturated carbocycles. The number of nitrogens with one attached hydrogen (secondary N) is 1. The molecule has 0 aromatic rings. The third-order valence-electron chi connectivity index (χ3n) is 3.64. The van der Waals surface area contributed by atoms with Crippen LogP contribution in [0.2, 0.25) is 0 Å². The predicted molar refractivity (Wildman–Crippen MR) is 108 cm³/mol. The van der Waals surface area contributed by atoms with E-state index in [1.165, 1.54) is 0 Å². The van der Waals surface area contributed by atoms with Crippen molar-refractivity contribution in [2.24, 2.45) is 5.73 Å². The van der Waals surface area contributed by atoms with Crippen LogP contribution in [-0.2, 0) is 9.59 Å². The number of likely N-dealkylation sites (N-methyl/N-ethyl adjacent to an activating group) is 1. The molecule has 1 aliphatic carbocycles. The molecule has 3 atom stereocenters. The number of carboxylic acids is 1. The Hall–Kier alpha value is 0.730. The molecule has 0 amide bonds. The Labute approximate surface area is 165 Å². The highest BCUT2D eigenvalue weighted by atomic mass is 127. The molecule has 0 aromatic heterocycles. The maximum atomic E-state index is 11.7. The topological polar surface area (TPSA) is 92.4 Å². The maximum Gasteiger partial charge on any atom is 0.328 e. The first-order valence-corrected chi connectivity index (χ1v) is 9.52. The molecule has 0 heterocycles. The minimum atomic E-state index is -1.69. The number of carboxylic acid groups (broad SMARTS) is 1. The van der Waals surface area contributed by atoms with E-state index in [2.05, 4.69) is 80.0 Å². The van der Waals surface area contributed by atoms with Crippen molar-refractivity contribution in [2.45, 2.75) is 34.8 Å². The Morgan fingerprint density at radius 1 is 1.62 bits per heavy atom. The van der Waals surface area contributed by atoms with Gasteiger partial charge in [0, 0.05) is 19.2 Å². The third kappa shape index (κ3) is 3.63. The van der Waals surface area contributed by atoms with E-state index in [0.29, 0.717) is 11.9 Å². The standard InChI is InChI=1S/C13H17I3N2O3/c1-3-12(16)6-7(14)8(9(15)10(12)18-2)13(17,4-5-19)11(20)21/h5-6,10,18H,3-4,17H2,1-2H3,(H,20,21). The lowest BCUT2D eigenvalue weighted by atomic mass is 9.80. The summed E-state index contributed by atoms with van der Waals surface area (Å²) < 4.78 is 1.50. The van der Waals surface area contributed by atoms with Gasteiger partial charge in [-0.2, -0.15) is 0 Å². The lowest BCUT2D eigenvalue weighted by Gasteiger charge is -2.40. The van der Waals surface area contributed by atoms with Crippen molar-refractivity contribution in [2.75, 3.05) is 7.05 Å². The van der Waals surface area contributed by atoms with Gasteiger partial charge < -0.3 is 21.0 Å². The molecule has 0 bridgehead atoms. The number of hydrogen-bond donors (Lipinski definition) is 3. The number of aliphatic carboxylic acids is 1. The van der Waals surface area contributed by atoms with Crippen molar-refractivity contribution in [3.63, 3.8) is 0 Å². The molecular weight excluding hydrogens is 613 g/mol. The first-order chi connectivity index (χ1) is 9.67. The lowest BCUT2D eigenvalue weighted by molar-refractivity contribution is -0.142. The van der Waals surface area contributed by atoms with Crippen molar-refractivity contribution in [1.82, 2.24) is 5.32 Å². The zero-order valence-electron chi connectivity index (χ0n) is 11.6. The van der Waals surface area contributed by atoms with Crippen LogP contribution in [0.3, 0.4) is 0 Å². The van der Waals surface area contributed by atoms with Crippen LogP contribution in [0.1, 0.15) is 19.8 Å². The fraction of sp³-hybridized carbons (Fsp3) is 0.538. The van der Waals surface area contributed by atoms with Crippen LogP contribution in [0.15, 0.2) is 18.8 Å². The van der Waals surface area contributed by atoms with Crippen LogP contribution in [0.4, 0.5) is 0 Å². The van der Waals surface area contributed by atoms with Gasteiger partial charge in [-0.05, 0) is 58.7 Å². The molecule has 8 heteroatoms. The Balaban J connectivity index is 3.54. The summed E-state index contributed by atoms with van der Waals surface area (Å²) in [5.41, 5.74) is 4.93. The van der Waals surface area contributed by atoms with E-state index in [1.807, 2.05) is 13.1 Å². The minimum Gasteiger partial charge on any atom is -0.480 e. The smallest absolute Gasteiger partial charge is 0.328 e. The fourth-order valence-corrected chi connectivity index (χ4v) is 7.97. The molecule has 0 radical (unpaired) electrons. The largest absolute Gasteiger partial charge is 0.480 e. The Morgan fingerprint density at radius 2 is 2.19 bits per heavy atom. The van der Waals surface area contributed by atoms with Crippen LogP contribution in [0.5, 0.6) is 0 Å². The second-order valence-corrected chi connectivity index (χ2v) is 9.20. The number of rotatable bonds is 6. The summed E-state index contributed by atoms with van der Waals surface area (Å²) in [6.45, 7) is 2.09. The van der Waals surface area contributed by atoms with Crippen LogP contribution in [0, 0.1) is 0 Å². The van der Waals surface area contributed by atoms with Gasteiger partial charge in [0.15, 0.2) is 0 Å². The van der Waals surface area contributed by atoms with Crippen molar-refractivity contribution >= 4 is 80.0 Å². The number of aldehydes is 1. The lowest BCUT2D eigenvalue weighted by Crippen LogP contribution is -2.54. The zero-order valence-corrected chi connectivity index (χ0v) is 18.1. The van der Waals surface area contributed by atoms with Crippen LogP contribution < -0.4 is 11.1 Å². The van der Waals surface area contributed by atoms with Crippen LogP contribution >= 0.6 is 67.8 Å². The second kappa shape index (κ2) is 7.53. The summed E-state index contributed by atoms with van der Waals surface area (Å²) >= 11 is 6.65. The summed E-state index contributed by atoms with van der Waals surface area (Å²) in [6, 6.07) is -0.0360. The van der Waals surface area contributed by atoms with E-state index in [9.17, 15) is 14.7 Å². The number of nitrogens with two attached hydrogens (primary N) is 1. The van der Waals surface area contributed by atoms with Crippen molar-refractivity contribution in [1.29, 1.82) is 0 Å². The van der Waals surface area contributed by atoms with Crippen molar-refractivity contribution in [3.05, 3.63) is 18.8 Å². The molecule has 1 rings (SSSR count). The predicted octanol–water partition coefficient (Wildman–Crippen LogP) is 2.55. The van der Waals surface area contributed by atoms with Gasteiger partial charge in [-0.1, -0.05) is 35.6 Å². The highest BCUT2D eigenvalue weighted by molar-refractivity contribution is 14.1. The highest BCUT2D eigenvalue weighted by Gasteiger charge is 2.47. The number of halogens is 3. The Morgan fingerprint density at radius 3 is 2.57 bits per heavy atom. The fourth-order valence-electron chi connectivity index (χ4n) is 2.36. The molecule has 5 nitrogen and oxygen atoms in total. The summed E-state index contributed by atoms with van der Waals surface area (Å²) in [5, 5.41) is 12.8. The number of carbonyl (C=O) groups excluding carboxylic acids is 1. The third-order valence-corrected chi connectivity index (χ3v) is 7.35. The van der Waals surface area contributed by atoms with Crippen molar-refractivity contribution in [3.8, 4) is 0 Å². The molecule has 0 spiro atoms. The van der Waals surface area contributed by atoms with Gasteiger partial charge in [0.05, 0.1) is 9.46 Å². The Bertz CT molecular complexity index is 521. The number of hydrogen-bond acceptors (Lipinski definition) is 4. The summed E-state index contributed by atoms with van der Waals surface area (Å²) in [4.78, 5) is 22.6. The molecule has 1 aliphatic rings. The van der Waals surface area contributed by atoms with Gasteiger partial charge in [-0.15, -0.1) is 0 Å². The van der Waals surface area contributed by atoms with Crippen molar-refractivity contribution < 1.29 is 14.7 Å². The van der Waals surface area contributed by atoms with Gasteiger partial charge in [0.25, 0.3) is 0 Å². The molecule has 0 aliphatic heterocycles. The van der Waals surface area contributed by atoms with E-state index in [4.69, 9.17) is 5.73 Å². The first-order valence-electron chi connectivity index (χ1n) is 6.28. The molecule has 4 N–H and O–H groups in total. The molecule has 21 heavy (non-hydrogen) atoms. The van der Waals surface area contributed by atoms with Gasteiger partial charge >= 0.3 is 5.97 Å². The monoisotopic (exact) mass is 630 g/mol. The molecule has 3 unspecified atom stereocenters. The normalized spacial score (nSPS) is 28.9. The summed E-state index contributed by atoms with van der Waals surface area (Å²) in [6.07, 6.45) is 3.25. The zero-order chi connectivity index (χ0) is 16.4. The highest BCUT2D eigenvalue weighted by Crippen LogP contribution is 2.47. The first kappa shape index (κ1) is 19.8.